The van der Waals surface area contributed by atoms with Gasteiger partial charge in [-0.2, -0.15) is 0 Å². The van der Waals surface area contributed by atoms with E-state index in [2.05, 4.69) is 84.0 Å². The van der Waals surface area contributed by atoms with Crippen LogP contribution < -0.4 is 4.74 Å². The van der Waals surface area contributed by atoms with Gasteiger partial charge < -0.3 is 9.47 Å². The molecule has 0 amide bonds. The van der Waals surface area contributed by atoms with Gasteiger partial charge >= 0.3 is 5.97 Å². The third-order valence-corrected chi connectivity index (χ3v) is 14.8. The smallest absolute Gasteiger partial charge is 0.338 e. The minimum atomic E-state index is -0.187. The van der Waals surface area contributed by atoms with Crippen LogP contribution in [-0.4, -0.2) is 18.7 Å². The number of carbonyl (C=O) groups excluding carboxylic acids is 1. The fourth-order valence-corrected chi connectivity index (χ4v) is 11.6. The highest BCUT2D eigenvalue weighted by atomic mass is 16.5. The van der Waals surface area contributed by atoms with Crippen LogP contribution in [0.1, 0.15) is 172 Å². The molecule has 3 nitrogen and oxygen atoms in total. The summed E-state index contributed by atoms with van der Waals surface area (Å²) in [5.41, 5.74) is 5.21. The van der Waals surface area contributed by atoms with Crippen molar-refractivity contribution in [1.29, 1.82) is 0 Å². The Morgan fingerprint density at radius 3 is 2.21 bits per heavy atom. The molecular weight excluding hydrogens is 649 g/mol. The molecule has 6 rings (SSSR count). The first kappa shape index (κ1) is 39.9. The van der Waals surface area contributed by atoms with Gasteiger partial charge in [0.2, 0.25) is 0 Å². The first-order valence-corrected chi connectivity index (χ1v) is 22.0. The molecule has 0 spiro atoms. The number of benzene rings is 2. The summed E-state index contributed by atoms with van der Waals surface area (Å²) in [6, 6.07) is 16.2. The van der Waals surface area contributed by atoms with Gasteiger partial charge in [0, 0.05) is 6.42 Å². The topological polar surface area (TPSA) is 35.5 Å². The van der Waals surface area contributed by atoms with E-state index in [0.29, 0.717) is 11.0 Å². The first-order chi connectivity index (χ1) is 25.6. The normalized spacial score (nSPS) is 30.0. The maximum atomic E-state index is 13.3. The molecule has 0 bridgehead atoms. The summed E-state index contributed by atoms with van der Waals surface area (Å²) in [7, 11) is 0. The molecule has 0 N–H and O–H groups in total. The molecule has 0 unspecified atom stereocenters. The van der Waals surface area contributed by atoms with Crippen molar-refractivity contribution >= 4 is 18.1 Å². The molecule has 3 heteroatoms. The lowest BCUT2D eigenvalue weighted by Gasteiger charge is -2.58. The van der Waals surface area contributed by atoms with E-state index in [4.69, 9.17) is 9.47 Å². The van der Waals surface area contributed by atoms with Crippen LogP contribution in [0.2, 0.25) is 0 Å². The number of hydrogen-bond donors (Lipinski definition) is 0. The molecule has 8 atom stereocenters. The van der Waals surface area contributed by atoms with Gasteiger partial charge in [0.25, 0.3) is 0 Å². The van der Waals surface area contributed by atoms with E-state index in [0.717, 1.165) is 84.7 Å². The van der Waals surface area contributed by atoms with Crippen molar-refractivity contribution in [3.8, 4) is 5.75 Å². The van der Waals surface area contributed by atoms with E-state index < -0.39 is 0 Å². The zero-order valence-corrected chi connectivity index (χ0v) is 34.3. The Morgan fingerprint density at radius 1 is 0.792 bits per heavy atom. The highest BCUT2D eigenvalue weighted by Crippen LogP contribution is 2.67. The number of allylic oxidation sites excluding steroid dienone is 1. The summed E-state index contributed by atoms with van der Waals surface area (Å²) in [4.78, 5) is 13.3. The maximum Gasteiger partial charge on any atom is 0.338 e. The Bertz CT molecular complexity index is 1520. The van der Waals surface area contributed by atoms with Crippen molar-refractivity contribution < 1.29 is 14.3 Å². The van der Waals surface area contributed by atoms with E-state index in [1.54, 1.807) is 5.57 Å². The quantitative estimate of drug-likeness (QED) is 0.0706. The van der Waals surface area contributed by atoms with Crippen LogP contribution in [-0.2, 0) is 4.74 Å². The Labute approximate surface area is 323 Å². The summed E-state index contributed by atoms with van der Waals surface area (Å²) in [5, 5.41) is 0. The highest BCUT2D eigenvalue weighted by Gasteiger charge is 2.59. The van der Waals surface area contributed by atoms with Crippen molar-refractivity contribution in [2.75, 3.05) is 6.61 Å². The standard InChI is InChI=1S/C50H72O3/c1-7-8-9-10-11-12-34-52-42-25-20-39(21-26-42)17-16-38-18-22-40(23-19-38)48(51)53-43-30-32-49(5)41(35-43)24-27-44-46-29-28-45(37(4)15-13-14-36(2)3)50(46,6)33-31-47(44)49/h16-26,36-37,43-47H,7-15,27-35H2,1-6H3/b17-16+/t37-,43+,44+,45-,46+,47+,49+,50-/m1/s1. The molecule has 0 radical (unpaired) electrons. The average molecular weight is 721 g/mol. The molecule has 4 aliphatic rings. The summed E-state index contributed by atoms with van der Waals surface area (Å²) in [5.74, 6) is 5.81. The van der Waals surface area contributed by atoms with Gasteiger partial charge in [-0.25, -0.2) is 4.79 Å². The largest absolute Gasteiger partial charge is 0.494 e. The van der Waals surface area contributed by atoms with Crippen molar-refractivity contribution in [2.45, 2.75) is 157 Å². The van der Waals surface area contributed by atoms with Gasteiger partial charge in [-0.05, 0) is 133 Å². The number of rotatable bonds is 17. The zero-order chi connectivity index (χ0) is 37.4. The predicted molar refractivity (Wildman–Crippen MR) is 223 cm³/mol. The van der Waals surface area contributed by atoms with Gasteiger partial charge in [-0.1, -0.05) is 141 Å². The molecule has 2 aromatic rings. The van der Waals surface area contributed by atoms with Crippen molar-refractivity contribution in [3.63, 3.8) is 0 Å². The SMILES string of the molecule is CCCCCCCCOc1ccc(/C=C/c2ccc(C(=O)O[C@H]3CC[C@@]4(C)C(=CC[C@H]5[C@@H]6CC[C@H]([C@H](C)CCCC(C)C)[C@@]6(C)CC[C@@H]54)C3)cc2)cc1. The van der Waals surface area contributed by atoms with Crippen molar-refractivity contribution in [1.82, 2.24) is 0 Å². The molecule has 2 aromatic carbocycles. The van der Waals surface area contributed by atoms with Gasteiger partial charge in [-0.15, -0.1) is 0 Å². The maximum absolute atomic E-state index is 13.3. The minimum Gasteiger partial charge on any atom is -0.494 e. The van der Waals surface area contributed by atoms with Gasteiger partial charge in [0.05, 0.1) is 12.2 Å². The number of esters is 1. The number of unbranched alkanes of at least 4 members (excludes halogenated alkanes) is 5. The molecule has 53 heavy (non-hydrogen) atoms. The monoisotopic (exact) mass is 721 g/mol. The molecule has 290 valence electrons. The molecule has 0 aliphatic heterocycles. The van der Waals surface area contributed by atoms with Crippen molar-refractivity contribution in [2.24, 2.45) is 46.3 Å². The van der Waals surface area contributed by atoms with E-state index in [9.17, 15) is 4.79 Å². The highest BCUT2D eigenvalue weighted by molar-refractivity contribution is 5.90. The summed E-state index contributed by atoms with van der Waals surface area (Å²) >= 11 is 0. The number of ether oxygens (including phenoxy) is 2. The van der Waals surface area contributed by atoms with Crippen LogP contribution in [0.4, 0.5) is 0 Å². The van der Waals surface area contributed by atoms with Crippen LogP contribution in [0.15, 0.2) is 60.2 Å². The lowest BCUT2D eigenvalue weighted by molar-refractivity contribution is -0.0594. The zero-order valence-electron chi connectivity index (χ0n) is 34.3. The Kier molecular flexibility index (Phi) is 13.7. The van der Waals surface area contributed by atoms with Crippen molar-refractivity contribution in [3.05, 3.63) is 76.9 Å². The second-order valence-corrected chi connectivity index (χ2v) is 18.7. The summed E-state index contributed by atoms with van der Waals surface area (Å²) in [6.45, 7) is 15.6. The first-order valence-electron chi connectivity index (χ1n) is 22.0. The van der Waals surface area contributed by atoms with Gasteiger partial charge in [0.15, 0.2) is 0 Å². The second kappa shape index (κ2) is 18.2. The molecule has 4 aliphatic carbocycles. The van der Waals surface area contributed by atoms with E-state index in [-0.39, 0.29) is 17.5 Å². The van der Waals surface area contributed by atoms with E-state index in [1.165, 1.54) is 83.5 Å². The van der Waals surface area contributed by atoms with Crippen LogP contribution in [0, 0.1) is 46.3 Å². The fraction of sp³-hybridized carbons (Fsp3) is 0.660. The average Bonchev–Trinajstić information content (AvgIpc) is 3.51. The minimum absolute atomic E-state index is 0.0212. The third-order valence-electron chi connectivity index (χ3n) is 14.8. The van der Waals surface area contributed by atoms with Gasteiger partial charge in [0.1, 0.15) is 11.9 Å². The molecular formula is C50H72O3. The van der Waals surface area contributed by atoms with E-state index >= 15 is 0 Å². The second-order valence-electron chi connectivity index (χ2n) is 18.7. The van der Waals surface area contributed by atoms with Crippen LogP contribution in [0.5, 0.6) is 5.75 Å². The van der Waals surface area contributed by atoms with Crippen LogP contribution in [0.25, 0.3) is 12.2 Å². The Balaban J connectivity index is 0.974. The van der Waals surface area contributed by atoms with E-state index in [1.807, 2.05) is 24.3 Å². The molecule has 0 aromatic heterocycles. The lowest BCUT2D eigenvalue weighted by Crippen LogP contribution is -2.51. The third kappa shape index (κ3) is 9.53. The number of hydrogen-bond acceptors (Lipinski definition) is 3. The van der Waals surface area contributed by atoms with Crippen LogP contribution >= 0.6 is 0 Å². The molecule has 0 saturated heterocycles. The Morgan fingerprint density at radius 2 is 1.49 bits per heavy atom. The lowest BCUT2D eigenvalue weighted by atomic mass is 9.47. The van der Waals surface area contributed by atoms with Crippen LogP contribution in [0.3, 0.4) is 0 Å². The molecule has 0 heterocycles. The summed E-state index contributed by atoms with van der Waals surface area (Å²) in [6.07, 6.45) is 28.5. The Hall–Kier alpha value is -2.81. The molecule has 3 fully saturated rings. The summed E-state index contributed by atoms with van der Waals surface area (Å²) < 4.78 is 12.1. The number of fused-ring (bicyclic) bond motifs is 5. The predicted octanol–water partition coefficient (Wildman–Crippen LogP) is 14.2. The molecule has 3 saturated carbocycles. The fourth-order valence-electron chi connectivity index (χ4n) is 11.6. The number of carbonyl (C=O) groups is 1. The van der Waals surface area contributed by atoms with Gasteiger partial charge in [-0.3, -0.25) is 0 Å².